The molecular weight excluding hydrogens is 350 g/mol. The normalized spacial score (nSPS) is 10.4. The Kier molecular flexibility index (Phi) is 5.46. The van der Waals surface area contributed by atoms with E-state index in [1.54, 1.807) is 6.07 Å². The standard InChI is InChI=1S/C19H17N3O5/c1-12-15(18(22-27-12)13-5-3-2-4-6-13)10-25-14-7-8-16(21-9-14)19(24)26-11-17(20)23/h2-9H,10-11H2,1H3,(H2,20,23). The maximum atomic E-state index is 11.7. The minimum atomic E-state index is -0.735. The van der Waals surface area contributed by atoms with E-state index >= 15 is 0 Å². The van der Waals surface area contributed by atoms with Gasteiger partial charge >= 0.3 is 5.97 Å². The van der Waals surface area contributed by atoms with Crippen LogP contribution in [0.4, 0.5) is 0 Å². The van der Waals surface area contributed by atoms with Crippen molar-refractivity contribution in [3.8, 4) is 17.0 Å². The first kappa shape index (κ1) is 18.1. The van der Waals surface area contributed by atoms with Gasteiger partial charge in [-0.3, -0.25) is 4.79 Å². The summed E-state index contributed by atoms with van der Waals surface area (Å²) in [6.45, 7) is 1.55. The van der Waals surface area contributed by atoms with Gasteiger partial charge in [-0.2, -0.15) is 0 Å². The van der Waals surface area contributed by atoms with Crippen LogP contribution in [-0.4, -0.2) is 28.6 Å². The summed E-state index contributed by atoms with van der Waals surface area (Å²) in [6.07, 6.45) is 1.39. The summed E-state index contributed by atoms with van der Waals surface area (Å²) in [7, 11) is 0. The van der Waals surface area contributed by atoms with Crippen molar-refractivity contribution in [3.63, 3.8) is 0 Å². The van der Waals surface area contributed by atoms with Crippen LogP contribution in [0.25, 0.3) is 11.3 Å². The van der Waals surface area contributed by atoms with Crippen molar-refractivity contribution in [1.82, 2.24) is 10.1 Å². The molecule has 138 valence electrons. The number of benzene rings is 1. The smallest absolute Gasteiger partial charge is 0.357 e. The lowest BCUT2D eigenvalue weighted by atomic mass is 10.1. The number of esters is 1. The van der Waals surface area contributed by atoms with Crippen molar-refractivity contribution in [1.29, 1.82) is 0 Å². The molecule has 0 aliphatic rings. The molecule has 3 aromatic rings. The maximum absolute atomic E-state index is 11.7. The molecule has 0 aliphatic carbocycles. The lowest BCUT2D eigenvalue weighted by Gasteiger charge is -2.07. The van der Waals surface area contributed by atoms with Crippen LogP contribution in [0.3, 0.4) is 0 Å². The summed E-state index contributed by atoms with van der Waals surface area (Å²) >= 11 is 0. The van der Waals surface area contributed by atoms with Gasteiger partial charge in [0.1, 0.15) is 29.5 Å². The number of hydrogen-bond acceptors (Lipinski definition) is 7. The van der Waals surface area contributed by atoms with Crippen LogP contribution in [0.2, 0.25) is 0 Å². The molecular formula is C19H17N3O5. The van der Waals surface area contributed by atoms with E-state index in [1.807, 2.05) is 37.3 Å². The number of rotatable bonds is 7. The Morgan fingerprint density at radius 3 is 2.59 bits per heavy atom. The first-order valence-electron chi connectivity index (χ1n) is 8.09. The van der Waals surface area contributed by atoms with Crippen molar-refractivity contribution in [3.05, 3.63) is 65.7 Å². The van der Waals surface area contributed by atoms with E-state index in [4.69, 9.17) is 19.7 Å². The summed E-state index contributed by atoms with van der Waals surface area (Å²) in [5.41, 5.74) is 7.45. The predicted octanol–water partition coefficient (Wildman–Crippen LogP) is 2.27. The SMILES string of the molecule is Cc1onc(-c2ccccc2)c1COc1ccc(C(=O)OCC(N)=O)nc1. The predicted molar refractivity (Wildman–Crippen MR) is 94.7 cm³/mol. The van der Waals surface area contributed by atoms with Gasteiger partial charge in [0.15, 0.2) is 6.61 Å². The molecule has 2 N–H and O–H groups in total. The Morgan fingerprint density at radius 2 is 1.93 bits per heavy atom. The van der Waals surface area contributed by atoms with Crippen molar-refractivity contribution >= 4 is 11.9 Å². The number of pyridine rings is 1. The topological polar surface area (TPSA) is 118 Å². The number of carbonyl (C=O) groups is 2. The van der Waals surface area contributed by atoms with Crippen LogP contribution < -0.4 is 10.5 Å². The summed E-state index contributed by atoms with van der Waals surface area (Å²) in [4.78, 5) is 26.3. The molecule has 1 aromatic carbocycles. The highest BCUT2D eigenvalue weighted by atomic mass is 16.5. The highest BCUT2D eigenvalue weighted by Gasteiger charge is 2.16. The van der Waals surface area contributed by atoms with E-state index < -0.39 is 18.5 Å². The molecule has 0 unspecified atom stereocenters. The zero-order valence-electron chi connectivity index (χ0n) is 14.5. The van der Waals surface area contributed by atoms with E-state index in [2.05, 4.69) is 10.1 Å². The number of carbonyl (C=O) groups excluding carboxylic acids is 2. The van der Waals surface area contributed by atoms with Gasteiger partial charge in [0, 0.05) is 5.56 Å². The number of hydrogen-bond donors (Lipinski definition) is 1. The number of amides is 1. The largest absolute Gasteiger partial charge is 0.487 e. The molecule has 0 atom stereocenters. The molecule has 0 fully saturated rings. The molecule has 2 heterocycles. The van der Waals surface area contributed by atoms with Crippen LogP contribution in [0.1, 0.15) is 21.8 Å². The zero-order chi connectivity index (χ0) is 19.2. The van der Waals surface area contributed by atoms with Crippen molar-refractivity contribution in [2.24, 2.45) is 5.73 Å². The van der Waals surface area contributed by atoms with Gasteiger partial charge in [-0.25, -0.2) is 9.78 Å². The average Bonchev–Trinajstić information content (AvgIpc) is 3.06. The molecule has 2 aromatic heterocycles. The van der Waals surface area contributed by atoms with Crippen LogP contribution in [0.15, 0.2) is 53.2 Å². The molecule has 27 heavy (non-hydrogen) atoms. The van der Waals surface area contributed by atoms with Gasteiger partial charge in [0.05, 0.1) is 11.8 Å². The Bertz CT molecular complexity index is 936. The maximum Gasteiger partial charge on any atom is 0.357 e. The molecule has 0 saturated carbocycles. The molecule has 8 nitrogen and oxygen atoms in total. The van der Waals surface area contributed by atoms with E-state index in [1.165, 1.54) is 12.3 Å². The minimum absolute atomic E-state index is 0.0507. The number of ether oxygens (including phenoxy) is 2. The van der Waals surface area contributed by atoms with Gasteiger partial charge in [-0.15, -0.1) is 0 Å². The number of primary amides is 1. The molecule has 0 radical (unpaired) electrons. The minimum Gasteiger partial charge on any atom is -0.487 e. The Labute approximate surface area is 154 Å². The van der Waals surface area contributed by atoms with E-state index in [0.29, 0.717) is 17.2 Å². The first-order chi connectivity index (χ1) is 13.0. The summed E-state index contributed by atoms with van der Waals surface area (Å²) in [5.74, 6) is -0.349. The second-order valence-electron chi connectivity index (χ2n) is 5.64. The monoisotopic (exact) mass is 367 g/mol. The third-order valence-electron chi connectivity index (χ3n) is 3.71. The highest BCUT2D eigenvalue weighted by molar-refractivity contribution is 5.89. The molecule has 0 aliphatic heterocycles. The van der Waals surface area contributed by atoms with E-state index in [9.17, 15) is 9.59 Å². The van der Waals surface area contributed by atoms with Crippen molar-refractivity contribution in [2.75, 3.05) is 6.61 Å². The molecule has 3 rings (SSSR count). The zero-order valence-corrected chi connectivity index (χ0v) is 14.5. The summed E-state index contributed by atoms with van der Waals surface area (Å²) in [6, 6.07) is 12.7. The van der Waals surface area contributed by atoms with Crippen molar-refractivity contribution < 1.29 is 23.6 Å². The number of aromatic nitrogens is 2. The first-order valence-corrected chi connectivity index (χ1v) is 8.09. The second kappa shape index (κ2) is 8.13. The quantitative estimate of drug-likeness (QED) is 0.636. The Hall–Kier alpha value is -3.68. The molecule has 1 amide bonds. The average molecular weight is 367 g/mol. The number of nitrogens with two attached hydrogens (primary N) is 1. The van der Waals surface area contributed by atoms with Crippen molar-refractivity contribution in [2.45, 2.75) is 13.5 Å². The Morgan fingerprint density at radius 1 is 1.15 bits per heavy atom. The molecule has 8 heteroatoms. The summed E-state index contributed by atoms with van der Waals surface area (Å²) < 4.78 is 15.7. The van der Waals surface area contributed by atoms with Crippen LogP contribution in [-0.2, 0) is 16.1 Å². The Balaban J connectivity index is 1.67. The summed E-state index contributed by atoms with van der Waals surface area (Å²) in [5, 5.41) is 4.10. The molecule has 0 bridgehead atoms. The molecule has 0 saturated heterocycles. The lowest BCUT2D eigenvalue weighted by molar-refractivity contribution is -0.121. The lowest BCUT2D eigenvalue weighted by Crippen LogP contribution is -2.21. The van der Waals surface area contributed by atoms with Gasteiger partial charge in [-0.1, -0.05) is 35.5 Å². The van der Waals surface area contributed by atoms with Gasteiger partial charge in [-0.05, 0) is 19.1 Å². The third kappa shape index (κ3) is 4.49. The van der Waals surface area contributed by atoms with E-state index in [0.717, 1.165) is 11.1 Å². The van der Waals surface area contributed by atoms with Gasteiger partial charge in [0.25, 0.3) is 5.91 Å². The highest BCUT2D eigenvalue weighted by Crippen LogP contribution is 2.26. The fourth-order valence-corrected chi connectivity index (χ4v) is 2.34. The fourth-order valence-electron chi connectivity index (χ4n) is 2.34. The van der Waals surface area contributed by atoms with Gasteiger partial charge < -0.3 is 19.7 Å². The fraction of sp³-hybridized carbons (Fsp3) is 0.158. The molecule has 0 spiro atoms. The van der Waals surface area contributed by atoms with Crippen LogP contribution >= 0.6 is 0 Å². The second-order valence-corrected chi connectivity index (χ2v) is 5.64. The number of nitrogens with zero attached hydrogens (tertiary/aromatic N) is 2. The number of aryl methyl sites for hydroxylation is 1. The van der Waals surface area contributed by atoms with E-state index in [-0.39, 0.29) is 12.3 Å². The third-order valence-corrected chi connectivity index (χ3v) is 3.71. The van der Waals surface area contributed by atoms with Crippen LogP contribution in [0, 0.1) is 6.92 Å². The van der Waals surface area contributed by atoms with Crippen LogP contribution in [0.5, 0.6) is 5.75 Å². The van der Waals surface area contributed by atoms with Gasteiger partial charge in [0.2, 0.25) is 0 Å².